The minimum atomic E-state index is -1.35. The average Bonchev–Trinajstić information content (AvgIpc) is 2.74. The fourth-order valence-corrected chi connectivity index (χ4v) is 3.48. The SMILES string of the molecule is CC1=C(c2ccc(C(=O)C(C)(C)O)cc2)c2ccccc2C1(C)C. The number of allylic oxidation sites excluding steroid dienone is 1. The normalized spacial score (nSPS) is 16.2. The first kappa shape index (κ1) is 16.7. The lowest BCUT2D eigenvalue weighted by molar-refractivity contribution is 0.0488. The molecule has 0 unspecified atom stereocenters. The molecule has 0 heterocycles. The van der Waals surface area contributed by atoms with E-state index in [0.29, 0.717) is 5.56 Å². The van der Waals surface area contributed by atoms with Crippen LogP contribution in [0.25, 0.3) is 5.57 Å². The Morgan fingerprint density at radius 1 is 1.00 bits per heavy atom. The Labute approximate surface area is 143 Å². The van der Waals surface area contributed by atoms with E-state index in [9.17, 15) is 9.90 Å². The van der Waals surface area contributed by atoms with Crippen molar-refractivity contribution in [3.05, 3.63) is 76.4 Å². The highest BCUT2D eigenvalue weighted by Crippen LogP contribution is 2.48. The van der Waals surface area contributed by atoms with Gasteiger partial charge in [0, 0.05) is 11.0 Å². The maximum atomic E-state index is 12.2. The number of fused-ring (bicyclic) bond motifs is 1. The number of ketones is 1. The lowest BCUT2D eigenvalue weighted by atomic mass is 9.82. The van der Waals surface area contributed by atoms with Crippen molar-refractivity contribution in [1.82, 2.24) is 0 Å². The van der Waals surface area contributed by atoms with Gasteiger partial charge in [-0.25, -0.2) is 0 Å². The zero-order valence-corrected chi connectivity index (χ0v) is 15.0. The molecule has 2 aromatic carbocycles. The molecule has 2 aromatic rings. The Morgan fingerprint density at radius 3 is 2.17 bits per heavy atom. The zero-order valence-electron chi connectivity index (χ0n) is 15.0. The van der Waals surface area contributed by atoms with Crippen molar-refractivity contribution >= 4 is 11.4 Å². The van der Waals surface area contributed by atoms with E-state index in [-0.39, 0.29) is 11.2 Å². The van der Waals surface area contributed by atoms with Crippen LogP contribution in [0.3, 0.4) is 0 Å². The average molecular weight is 320 g/mol. The van der Waals surface area contributed by atoms with Gasteiger partial charge >= 0.3 is 0 Å². The molecule has 124 valence electrons. The van der Waals surface area contributed by atoms with Gasteiger partial charge in [0.1, 0.15) is 5.60 Å². The molecule has 1 aliphatic rings. The third-order valence-electron chi connectivity index (χ3n) is 5.17. The van der Waals surface area contributed by atoms with E-state index in [1.807, 2.05) is 24.3 Å². The van der Waals surface area contributed by atoms with Crippen molar-refractivity contribution in [2.24, 2.45) is 0 Å². The minimum absolute atomic E-state index is 0.00745. The van der Waals surface area contributed by atoms with Crippen LogP contribution in [0.4, 0.5) is 0 Å². The summed E-state index contributed by atoms with van der Waals surface area (Å²) in [5, 5.41) is 9.90. The van der Waals surface area contributed by atoms with Crippen molar-refractivity contribution in [3.8, 4) is 0 Å². The largest absolute Gasteiger partial charge is 0.382 e. The molecule has 0 radical (unpaired) electrons. The second-order valence-electron chi connectivity index (χ2n) is 7.64. The number of aliphatic hydroxyl groups is 1. The van der Waals surface area contributed by atoms with Crippen molar-refractivity contribution in [2.75, 3.05) is 0 Å². The summed E-state index contributed by atoms with van der Waals surface area (Å²) in [5.41, 5.74) is 5.50. The molecule has 1 N–H and O–H groups in total. The summed E-state index contributed by atoms with van der Waals surface area (Å²) >= 11 is 0. The summed E-state index contributed by atoms with van der Waals surface area (Å²) in [7, 11) is 0. The third-order valence-corrected chi connectivity index (χ3v) is 5.17. The Balaban J connectivity index is 2.07. The molecule has 2 heteroatoms. The molecule has 0 amide bonds. The molecule has 0 atom stereocenters. The summed E-state index contributed by atoms with van der Waals surface area (Å²) < 4.78 is 0. The quantitative estimate of drug-likeness (QED) is 0.828. The van der Waals surface area contributed by atoms with Gasteiger partial charge in [-0.1, -0.05) is 68.0 Å². The second-order valence-corrected chi connectivity index (χ2v) is 7.64. The fourth-order valence-electron chi connectivity index (χ4n) is 3.48. The van der Waals surface area contributed by atoms with Gasteiger partial charge in [-0.05, 0) is 43.0 Å². The Hall–Kier alpha value is -2.19. The first-order chi connectivity index (χ1) is 11.1. The molecule has 0 aromatic heterocycles. The van der Waals surface area contributed by atoms with E-state index in [0.717, 1.165) is 5.56 Å². The Morgan fingerprint density at radius 2 is 1.58 bits per heavy atom. The predicted octanol–water partition coefficient (Wildman–Crippen LogP) is 4.75. The van der Waals surface area contributed by atoms with Crippen LogP contribution in [0.15, 0.2) is 54.1 Å². The third kappa shape index (κ3) is 2.51. The van der Waals surface area contributed by atoms with Crippen LogP contribution < -0.4 is 0 Å². The minimum Gasteiger partial charge on any atom is -0.382 e. The van der Waals surface area contributed by atoms with Gasteiger partial charge in [0.15, 0.2) is 5.78 Å². The van der Waals surface area contributed by atoms with Crippen molar-refractivity contribution in [3.63, 3.8) is 0 Å². The summed E-state index contributed by atoms with van der Waals surface area (Å²) in [6, 6.07) is 16.1. The standard InChI is InChI=1S/C22H24O2/c1-14-19(17-8-6-7-9-18(17)21(14,2)3)15-10-12-16(13-11-15)20(23)22(4,5)24/h6-13,24H,1-5H3. The number of hydrogen-bond acceptors (Lipinski definition) is 2. The van der Waals surface area contributed by atoms with Crippen LogP contribution in [0, 0.1) is 0 Å². The van der Waals surface area contributed by atoms with E-state index in [1.165, 1.54) is 36.1 Å². The van der Waals surface area contributed by atoms with E-state index in [4.69, 9.17) is 0 Å². The van der Waals surface area contributed by atoms with Gasteiger partial charge in [-0.3, -0.25) is 4.79 Å². The molecule has 2 nitrogen and oxygen atoms in total. The fraction of sp³-hybridized carbons (Fsp3) is 0.318. The number of hydrogen-bond donors (Lipinski definition) is 1. The van der Waals surface area contributed by atoms with Gasteiger partial charge < -0.3 is 5.11 Å². The smallest absolute Gasteiger partial charge is 0.193 e. The molecule has 24 heavy (non-hydrogen) atoms. The first-order valence-corrected chi connectivity index (χ1v) is 8.33. The van der Waals surface area contributed by atoms with E-state index >= 15 is 0 Å². The summed E-state index contributed by atoms with van der Waals surface area (Å²) in [4.78, 5) is 12.2. The van der Waals surface area contributed by atoms with Gasteiger partial charge in [-0.15, -0.1) is 0 Å². The highest BCUT2D eigenvalue weighted by atomic mass is 16.3. The van der Waals surface area contributed by atoms with E-state index < -0.39 is 5.60 Å². The van der Waals surface area contributed by atoms with Crippen LogP contribution in [0.2, 0.25) is 0 Å². The number of Topliss-reactive ketones (excluding diaryl/α,β-unsaturated/α-hetero) is 1. The van der Waals surface area contributed by atoms with Crippen molar-refractivity contribution in [2.45, 2.75) is 45.6 Å². The lowest BCUT2D eigenvalue weighted by Gasteiger charge is -2.22. The summed E-state index contributed by atoms with van der Waals surface area (Å²) in [5.74, 6) is -0.257. The van der Waals surface area contributed by atoms with Gasteiger partial charge in [0.2, 0.25) is 0 Å². The monoisotopic (exact) mass is 320 g/mol. The molecular formula is C22H24O2. The van der Waals surface area contributed by atoms with Crippen LogP contribution in [-0.2, 0) is 5.41 Å². The maximum absolute atomic E-state index is 12.2. The number of carbonyl (C=O) groups excluding carboxylic acids is 1. The second kappa shape index (κ2) is 5.42. The Kier molecular flexibility index (Phi) is 3.76. The summed E-state index contributed by atoms with van der Waals surface area (Å²) in [6.07, 6.45) is 0. The van der Waals surface area contributed by atoms with E-state index in [2.05, 4.69) is 45.0 Å². The number of rotatable bonds is 3. The van der Waals surface area contributed by atoms with Crippen LogP contribution in [0.1, 0.15) is 61.7 Å². The van der Waals surface area contributed by atoms with Gasteiger partial charge in [0.05, 0.1) is 0 Å². The highest BCUT2D eigenvalue weighted by Gasteiger charge is 2.35. The first-order valence-electron chi connectivity index (χ1n) is 8.33. The number of carbonyl (C=O) groups is 1. The zero-order chi connectivity index (χ0) is 17.7. The van der Waals surface area contributed by atoms with Crippen LogP contribution in [0.5, 0.6) is 0 Å². The maximum Gasteiger partial charge on any atom is 0.193 e. The van der Waals surface area contributed by atoms with Gasteiger partial charge in [-0.2, -0.15) is 0 Å². The van der Waals surface area contributed by atoms with Crippen LogP contribution in [-0.4, -0.2) is 16.5 Å². The molecule has 0 bridgehead atoms. The molecular weight excluding hydrogens is 296 g/mol. The molecule has 3 rings (SSSR count). The van der Waals surface area contributed by atoms with E-state index in [1.54, 1.807) is 0 Å². The molecule has 0 saturated carbocycles. The number of benzene rings is 2. The van der Waals surface area contributed by atoms with Gasteiger partial charge in [0.25, 0.3) is 0 Å². The topological polar surface area (TPSA) is 37.3 Å². The molecule has 0 saturated heterocycles. The van der Waals surface area contributed by atoms with Crippen molar-refractivity contribution < 1.29 is 9.90 Å². The summed E-state index contributed by atoms with van der Waals surface area (Å²) in [6.45, 7) is 9.73. The Bertz CT molecular complexity index is 831. The molecule has 1 aliphatic carbocycles. The molecule has 0 spiro atoms. The molecule has 0 fully saturated rings. The highest BCUT2D eigenvalue weighted by molar-refractivity contribution is 6.02. The van der Waals surface area contributed by atoms with Crippen LogP contribution >= 0.6 is 0 Å². The van der Waals surface area contributed by atoms with Crippen molar-refractivity contribution in [1.29, 1.82) is 0 Å². The predicted molar refractivity (Wildman–Crippen MR) is 98.2 cm³/mol. The molecule has 0 aliphatic heterocycles. The lowest BCUT2D eigenvalue weighted by Crippen LogP contribution is -2.31.